The maximum Gasteiger partial charge on any atom is 0.261 e. The van der Waals surface area contributed by atoms with Crippen LogP contribution >= 0.6 is 23.2 Å². The lowest BCUT2D eigenvalue weighted by Crippen LogP contribution is -2.46. The predicted octanol–water partition coefficient (Wildman–Crippen LogP) is 4.31. The van der Waals surface area contributed by atoms with Crippen molar-refractivity contribution in [1.82, 2.24) is 5.32 Å². The van der Waals surface area contributed by atoms with Gasteiger partial charge in [0.2, 0.25) is 0 Å². The second kappa shape index (κ2) is 6.68. The second-order valence-electron chi connectivity index (χ2n) is 5.91. The van der Waals surface area contributed by atoms with Gasteiger partial charge in [-0.05, 0) is 31.4 Å². The van der Waals surface area contributed by atoms with Crippen LogP contribution in [0.5, 0.6) is 5.75 Å². The minimum Gasteiger partial charge on any atom is -0.479 e. The van der Waals surface area contributed by atoms with E-state index in [1.165, 1.54) is 0 Å². The molecular formula is C15H21Cl2NO2. The fourth-order valence-electron chi connectivity index (χ4n) is 1.37. The predicted molar refractivity (Wildman–Crippen MR) is 83.6 cm³/mol. The highest BCUT2D eigenvalue weighted by atomic mass is 35.5. The van der Waals surface area contributed by atoms with Crippen molar-refractivity contribution < 1.29 is 9.53 Å². The number of hydrogen-bond donors (Lipinski definition) is 1. The number of nitrogens with one attached hydrogen (secondary N) is 1. The molecule has 0 aliphatic heterocycles. The van der Waals surface area contributed by atoms with E-state index in [0.29, 0.717) is 15.8 Å². The molecular weight excluding hydrogens is 297 g/mol. The Bertz CT molecular complexity index is 483. The Hall–Kier alpha value is -0.930. The molecule has 1 aromatic rings. The molecule has 0 aliphatic rings. The highest BCUT2D eigenvalue weighted by Crippen LogP contribution is 2.32. The van der Waals surface area contributed by atoms with E-state index >= 15 is 0 Å². The first-order valence-electron chi connectivity index (χ1n) is 6.54. The number of halogens is 2. The molecule has 5 heteroatoms. The summed E-state index contributed by atoms with van der Waals surface area (Å²) >= 11 is 11.9. The monoisotopic (exact) mass is 317 g/mol. The molecule has 2 unspecified atom stereocenters. The van der Waals surface area contributed by atoms with Gasteiger partial charge in [0.1, 0.15) is 10.8 Å². The molecule has 1 N–H and O–H groups in total. The summed E-state index contributed by atoms with van der Waals surface area (Å²) in [6.07, 6.45) is -0.643. The van der Waals surface area contributed by atoms with E-state index < -0.39 is 6.10 Å². The van der Waals surface area contributed by atoms with Crippen molar-refractivity contribution in [2.24, 2.45) is 5.41 Å². The fraction of sp³-hybridized carbons (Fsp3) is 0.533. The summed E-state index contributed by atoms with van der Waals surface area (Å²) in [5.41, 5.74) is -0.0108. The maximum atomic E-state index is 12.1. The van der Waals surface area contributed by atoms with Crippen LogP contribution in [-0.4, -0.2) is 18.1 Å². The first kappa shape index (κ1) is 17.1. The number of carbonyl (C=O) groups is 1. The highest BCUT2D eigenvalue weighted by Gasteiger charge is 2.25. The van der Waals surface area contributed by atoms with E-state index in [1.807, 2.05) is 6.92 Å². The van der Waals surface area contributed by atoms with Crippen molar-refractivity contribution in [2.45, 2.75) is 46.8 Å². The van der Waals surface area contributed by atoms with Crippen molar-refractivity contribution in [3.63, 3.8) is 0 Å². The summed E-state index contributed by atoms with van der Waals surface area (Å²) in [4.78, 5) is 12.1. The van der Waals surface area contributed by atoms with Gasteiger partial charge in [-0.3, -0.25) is 4.79 Å². The molecule has 1 aromatic carbocycles. The zero-order valence-electron chi connectivity index (χ0n) is 12.5. The summed E-state index contributed by atoms with van der Waals surface area (Å²) in [5.74, 6) is 0.230. The zero-order valence-corrected chi connectivity index (χ0v) is 14.0. The van der Waals surface area contributed by atoms with Crippen molar-refractivity contribution in [3.05, 3.63) is 28.2 Å². The Balaban J connectivity index is 2.69. The summed E-state index contributed by atoms with van der Waals surface area (Å²) in [6, 6.07) is 5.12. The van der Waals surface area contributed by atoms with Gasteiger partial charge in [0, 0.05) is 6.04 Å². The third-order valence-corrected chi connectivity index (χ3v) is 4.05. The van der Waals surface area contributed by atoms with Crippen molar-refractivity contribution in [3.8, 4) is 5.75 Å². The second-order valence-corrected chi connectivity index (χ2v) is 6.69. The average molecular weight is 318 g/mol. The lowest BCUT2D eigenvalue weighted by atomic mass is 9.88. The Morgan fingerprint density at radius 2 is 1.85 bits per heavy atom. The van der Waals surface area contributed by atoms with Gasteiger partial charge in [-0.25, -0.2) is 0 Å². The van der Waals surface area contributed by atoms with Gasteiger partial charge in [-0.2, -0.15) is 0 Å². The van der Waals surface area contributed by atoms with Crippen LogP contribution in [0.4, 0.5) is 0 Å². The van der Waals surface area contributed by atoms with Gasteiger partial charge < -0.3 is 10.1 Å². The normalized spacial score (nSPS) is 14.6. The molecule has 0 saturated heterocycles. The van der Waals surface area contributed by atoms with E-state index in [2.05, 4.69) is 26.1 Å². The topological polar surface area (TPSA) is 38.3 Å². The number of hydrogen-bond acceptors (Lipinski definition) is 2. The third kappa shape index (κ3) is 4.57. The van der Waals surface area contributed by atoms with Gasteiger partial charge >= 0.3 is 0 Å². The molecule has 2 atom stereocenters. The molecule has 0 radical (unpaired) electrons. The van der Waals surface area contributed by atoms with E-state index in [1.54, 1.807) is 25.1 Å². The molecule has 0 heterocycles. The van der Waals surface area contributed by atoms with E-state index in [4.69, 9.17) is 27.9 Å². The fourth-order valence-corrected chi connectivity index (χ4v) is 1.70. The van der Waals surface area contributed by atoms with Crippen LogP contribution in [0.15, 0.2) is 18.2 Å². The molecule has 20 heavy (non-hydrogen) atoms. The number of rotatable bonds is 4. The molecule has 1 rings (SSSR count). The minimum absolute atomic E-state index is 0.0108. The van der Waals surface area contributed by atoms with Crippen LogP contribution in [-0.2, 0) is 4.79 Å². The van der Waals surface area contributed by atoms with Gasteiger partial charge in [0.15, 0.2) is 6.10 Å². The lowest BCUT2D eigenvalue weighted by Gasteiger charge is -2.29. The van der Waals surface area contributed by atoms with Gasteiger partial charge in [-0.15, -0.1) is 0 Å². The van der Waals surface area contributed by atoms with E-state index in [0.717, 1.165) is 0 Å². The summed E-state index contributed by atoms with van der Waals surface area (Å²) < 4.78 is 5.57. The SMILES string of the molecule is CC(Oc1cccc(Cl)c1Cl)C(=O)NC(C)C(C)(C)C. The largest absolute Gasteiger partial charge is 0.479 e. The number of benzene rings is 1. The minimum atomic E-state index is -0.643. The summed E-state index contributed by atoms with van der Waals surface area (Å²) in [7, 11) is 0. The molecule has 0 spiro atoms. The maximum absolute atomic E-state index is 12.1. The van der Waals surface area contributed by atoms with Crippen LogP contribution in [0.3, 0.4) is 0 Å². The molecule has 0 aliphatic carbocycles. The average Bonchev–Trinajstić information content (AvgIpc) is 2.33. The Morgan fingerprint density at radius 3 is 2.40 bits per heavy atom. The third-order valence-electron chi connectivity index (χ3n) is 3.25. The Morgan fingerprint density at radius 1 is 1.25 bits per heavy atom. The lowest BCUT2D eigenvalue weighted by molar-refractivity contribution is -0.128. The molecule has 112 valence electrons. The van der Waals surface area contributed by atoms with Crippen LogP contribution in [0.25, 0.3) is 0 Å². The molecule has 1 amide bonds. The summed E-state index contributed by atoms with van der Waals surface area (Å²) in [6.45, 7) is 9.85. The smallest absolute Gasteiger partial charge is 0.261 e. The van der Waals surface area contributed by atoms with Crippen LogP contribution in [0.1, 0.15) is 34.6 Å². The van der Waals surface area contributed by atoms with Gasteiger partial charge in [-0.1, -0.05) is 50.0 Å². The first-order valence-corrected chi connectivity index (χ1v) is 7.29. The quantitative estimate of drug-likeness (QED) is 0.898. The molecule has 0 saturated carbocycles. The number of carbonyl (C=O) groups excluding carboxylic acids is 1. The number of ether oxygens (including phenoxy) is 1. The van der Waals surface area contributed by atoms with Crippen LogP contribution in [0, 0.1) is 5.41 Å². The van der Waals surface area contributed by atoms with E-state index in [9.17, 15) is 4.79 Å². The molecule has 0 aromatic heterocycles. The number of amides is 1. The van der Waals surface area contributed by atoms with Crippen LogP contribution in [0.2, 0.25) is 10.0 Å². The van der Waals surface area contributed by atoms with Crippen molar-refractivity contribution in [1.29, 1.82) is 0 Å². The Labute approximate surface area is 130 Å². The first-order chi connectivity index (χ1) is 9.12. The van der Waals surface area contributed by atoms with E-state index in [-0.39, 0.29) is 17.4 Å². The van der Waals surface area contributed by atoms with Gasteiger partial charge in [0.25, 0.3) is 5.91 Å². The zero-order chi connectivity index (χ0) is 15.5. The Kier molecular flexibility index (Phi) is 5.72. The standard InChI is InChI=1S/C15H21Cl2NO2/c1-9(14(19)18-10(2)15(3,4)5)20-12-8-6-7-11(16)13(12)17/h6-10H,1-5H3,(H,18,19). The molecule has 3 nitrogen and oxygen atoms in total. The van der Waals surface area contributed by atoms with Crippen molar-refractivity contribution >= 4 is 29.1 Å². The molecule has 0 fully saturated rings. The summed E-state index contributed by atoms with van der Waals surface area (Å²) in [5, 5.41) is 3.65. The van der Waals surface area contributed by atoms with Crippen LogP contribution < -0.4 is 10.1 Å². The van der Waals surface area contributed by atoms with Crippen molar-refractivity contribution in [2.75, 3.05) is 0 Å². The van der Waals surface area contributed by atoms with Gasteiger partial charge in [0.05, 0.1) is 5.02 Å². The highest BCUT2D eigenvalue weighted by molar-refractivity contribution is 6.42. The molecule has 0 bridgehead atoms.